The summed E-state index contributed by atoms with van der Waals surface area (Å²) in [6.45, 7) is 6.04. The van der Waals surface area contributed by atoms with E-state index in [2.05, 4.69) is 23.5 Å². The lowest BCUT2D eigenvalue weighted by molar-refractivity contribution is 0.0201. The molecule has 0 aliphatic carbocycles. The lowest BCUT2D eigenvalue weighted by Crippen LogP contribution is -2.42. The van der Waals surface area contributed by atoms with Crippen molar-refractivity contribution in [2.24, 2.45) is 0 Å². The van der Waals surface area contributed by atoms with Crippen LogP contribution in [0.1, 0.15) is 43.9 Å². The SMILES string of the molecule is CCC(O)(CC)CNC1COCc2ccccc21. The van der Waals surface area contributed by atoms with Crippen LogP contribution < -0.4 is 5.32 Å². The number of nitrogens with one attached hydrogen (secondary N) is 1. The quantitative estimate of drug-likeness (QED) is 0.842. The zero-order valence-corrected chi connectivity index (χ0v) is 11.3. The highest BCUT2D eigenvalue weighted by Gasteiger charge is 2.26. The molecule has 18 heavy (non-hydrogen) atoms. The molecule has 1 aromatic carbocycles. The molecule has 3 nitrogen and oxygen atoms in total. The van der Waals surface area contributed by atoms with Crippen LogP contribution in [0.2, 0.25) is 0 Å². The third-order valence-electron chi connectivity index (χ3n) is 3.97. The third-order valence-corrected chi connectivity index (χ3v) is 3.97. The summed E-state index contributed by atoms with van der Waals surface area (Å²) in [5, 5.41) is 13.7. The Kier molecular flexibility index (Phi) is 4.38. The average Bonchev–Trinajstić information content (AvgIpc) is 2.44. The fourth-order valence-corrected chi connectivity index (χ4v) is 2.36. The van der Waals surface area contributed by atoms with Gasteiger partial charge < -0.3 is 15.2 Å². The van der Waals surface area contributed by atoms with Gasteiger partial charge in [-0.3, -0.25) is 0 Å². The lowest BCUT2D eigenvalue weighted by atomic mass is 9.95. The minimum atomic E-state index is -0.605. The van der Waals surface area contributed by atoms with Crippen LogP contribution in [-0.4, -0.2) is 23.9 Å². The fraction of sp³-hybridized carbons (Fsp3) is 0.600. The molecule has 0 saturated carbocycles. The van der Waals surface area contributed by atoms with Gasteiger partial charge in [0.2, 0.25) is 0 Å². The Bertz CT molecular complexity index is 388. The van der Waals surface area contributed by atoms with Gasteiger partial charge in [-0.15, -0.1) is 0 Å². The van der Waals surface area contributed by atoms with E-state index in [1.165, 1.54) is 11.1 Å². The van der Waals surface area contributed by atoms with E-state index < -0.39 is 5.60 Å². The van der Waals surface area contributed by atoms with Crippen LogP contribution in [0.25, 0.3) is 0 Å². The smallest absolute Gasteiger partial charge is 0.0766 e. The Labute approximate surface area is 109 Å². The van der Waals surface area contributed by atoms with Crippen molar-refractivity contribution in [1.29, 1.82) is 0 Å². The van der Waals surface area contributed by atoms with Gasteiger partial charge >= 0.3 is 0 Å². The third kappa shape index (κ3) is 2.91. The van der Waals surface area contributed by atoms with Crippen molar-refractivity contribution in [3.63, 3.8) is 0 Å². The highest BCUT2D eigenvalue weighted by Crippen LogP contribution is 2.25. The monoisotopic (exact) mass is 249 g/mol. The van der Waals surface area contributed by atoms with E-state index in [1.807, 2.05) is 19.9 Å². The Morgan fingerprint density at radius 2 is 2.06 bits per heavy atom. The Balaban J connectivity index is 2.03. The van der Waals surface area contributed by atoms with E-state index in [4.69, 9.17) is 4.74 Å². The number of aliphatic hydroxyl groups is 1. The molecule has 1 aliphatic rings. The van der Waals surface area contributed by atoms with Gasteiger partial charge in [0.05, 0.1) is 24.9 Å². The molecule has 1 heterocycles. The number of benzene rings is 1. The maximum Gasteiger partial charge on any atom is 0.0766 e. The molecule has 1 aliphatic heterocycles. The van der Waals surface area contributed by atoms with Crippen molar-refractivity contribution in [1.82, 2.24) is 5.32 Å². The topological polar surface area (TPSA) is 41.5 Å². The maximum absolute atomic E-state index is 10.3. The Morgan fingerprint density at radius 1 is 1.33 bits per heavy atom. The summed E-state index contributed by atoms with van der Waals surface area (Å²) in [5.41, 5.74) is 1.95. The normalized spacial score (nSPS) is 19.6. The number of fused-ring (bicyclic) bond motifs is 1. The first-order chi connectivity index (χ1) is 8.68. The number of hydrogen-bond donors (Lipinski definition) is 2. The number of rotatable bonds is 5. The summed E-state index contributed by atoms with van der Waals surface area (Å²) in [7, 11) is 0. The van der Waals surface area contributed by atoms with E-state index in [0.29, 0.717) is 19.8 Å². The first-order valence-electron chi connectivity index (χ1n) is 6.80. The van der Waals surface area contributed by atoms with Gasteiger partial charge in [-0.1, -0.05) is 38.1 Å². The van der Waals surface area contributed by atoms with Gasteiger partial charge in [-0.2, -0.15) is 0 Å². The second-order valence-corrected chi connectivity index (χ2v) is 5.08. The molecular weight excluding hydrogens is 226 g/mol. The minimum absolute atomic E-state index is 0.194. The molecule has 0 radical (unpaired) electrons. The summed E-state index contributed by atoms with van der Waals surface area (Å²) >= 11 is 0. The summed E-state index contributed by atoms with van der Waals surface area (Å²) in [6, 6.07) is 8.55. The summed E-state index contributed by atoms with van der Waals surface area (Å²) in [4.78, 5) is 0. The van der Waals surface area contributed by atoms with Crippen LogP contribution in [-0.2, 0) is 11.3 Å². The van der Waals surface area contributed by atoms with Crippen molar-refractivity contribution >= 4 is 0 Å². The molecule has 0 bridgehead atoms. The molecule has 2 N–H and O–H groups in total. The van der Waals surface area contributed by atoms with Gasteiger partial charge in [0.15, 0.2) is 0 Å². The lowest BCUT2D eigenvalue weighted by Gasteiger charge is -2.31. The molecule has 0 aromatic heterocycles. The Morgan fingerprint density at radius 3 is 2.78 bits per heavy atom. The largest absolute Gasteiger partial charge is 0.389 e. The van der Waals surface area contributed by atoms with E-state index in [0.717, 1.165) is 12.8 Å². The predicted octanol–water partition coefficient (Wildman–Crippen LogP) is 2.40. The van der Waals surface area contributed by atoms with Crippen molar-refractivity contribution in [3.8, 4) is 0 Å². The Hall–Kier alpha value is -0.900. The minimum Gasteiger partial charge on any atom is -0.389 e. The molecule has 1 atom stereocenters. The van der Waals surface area contributed by atoms with Crippen LogP contribution in [0.3, 0.4) is 0 Å². The molecule has 0 saturated heterocycles. The van der Waals surface area contributed by atoms with Crippen LogP contribution in [0.15, 0.2) is 24.3 Å². The molecular formula is C15H23NO2. The van der Waals surface area contributed by atoms with Gasteiger partial charge in [0.25, 0.3) is 0 Å². The van der Waals surface area contributed by atoms with Crippen molar-refractivity contribution in [3.05, 3.63) is 35.4 Å². The molecule has 0 spiro atoms. The van der Waals surface area contributed by atoms with Gasteiger partial charge in [0, 0.05) is 6.54 Å². The highest BCUT2D eigenvalue weighted by molar-refractivity contribution is 5.31. The summed E-state index contributed by atoms with van der Waals surface area (Å²) in [6.07, 6.45) is 1.54. The van der Waals surface area contributed by atoms with E-state index in [-0.39, 0.29) is 6.04 Å². The van der Waals surface area contributed by atoms with Crippen molar-refractivity contribution < 1.29 is 9.84 Å². The summed E-state index contributed by atoms with van der Waals surface area (Å²) in [5.74, 6) is 0. The standard InChI is InChI=1S/C15H23NO2/c1-3-15(17,4-2)11-16-14-10-18-9-12-7-5-6-8-13(12)14/h5-8,14,16-17H,3-4,9-11H2,1-2H3. The predicted molar refractivity (Wildman–Crippen MR) is 72.4 cm³/mol. The van der Waals surface area contributed by atoms with Gasteiger partial charge in [0.1, 0.15) is 0 Å². The average molecular weight is 249 g/mol. The van der Waals surface area contributed by atoms with Crippen molar-refractivity contribution in [2.45, 2.75) is 44.9 Å². The highest BCUT2D eigenvalue weighted by atomic mass is 16.5. The van der Waals surface area contributed by atoms with E-state index >= 15 is 0 Å². The van der Waals surface area contributed by atoms with Gasteiger partial charge in [-0.05, 0) is 24.0 Å². The van der Waals surface area contributed by atoms with E-state index in [1.54, 1.807) is 0 Å². The molecule has 1 aromatic rings. The number of ether oxygens (including phenoxy) is 1. The van der Waals surface area contributed by atoms with Crippen LogP contribution in [0, 0.1) is 0 Å². The zero-order chi connectivity index (χ0) is 13.0. The van der Waals surface area contributed by atoms with Crippen molar-refractivity contribution in [2.75, 3.05) is 13.2 Å². The molecule has 1 unspecified atom stereocenters. The first kappa shape index (κ1) is 13.5. The second kappa shape index (κ2) is 5.83. The molecule has 2 rings (SSSR count). The van der Waals surface area contributed by atoms with Gasteiger partial charge in [-0.25, -0.2) is 0 Å². The molecule has 0 amide bonds. The van der Waals surface area contributed by atoms with E-state index in [9.17, 15) is 5.11 Å². The van der Waals surface area contributed by atoms with Crippen LogP contribution in [0.5, 0.6) is 0 Å². The summed E-state index contributed by atoms with van der Waals surface area (Å²) < 4.78 is 5.60. The first-order valence-corrected chi connectivity index (χ1v) is 6.80. The van der Waals surface area contributed by atoms with Crippen LogP contribution >= 0.6 is 0 Å². The maximum atomic E-state index is 10.3. The number of hydrogen-bond acceptors (Lipinski definition) is 3. The zero-order valence-electron chi connectivity index (χ0n) is 11.3. The molecule has 3 heteroatoms. The van der Waals surface area contributed by atoms with Crippen LogP contribution in [0.4, 0.5) is 0 Å². The second-order valence-electron chi connectivity index (χ2n) is 5.08. The fourth-order valence-electron chi connectivity index (χ4n) is 2.36. The molecule has 0 fully saturated rings. The molecule has 100 valence electrons.